The Morgan fingerprint density at radius 1 is 1.10 bits per heavy atom. The van der Waals surface area contributed by atoms with Gasteiger partial charge in [-0.3, -0.25) is 4.79 Å². The summed E-state index contributed by atoms with van der Waals surface area (Å²) >= 11 is 0. The molecular formula is C18H24O2. The third-order valence-electron chi connectivity index (χ3n) is 3.18. The predicted molar refractivity (Wildman–Crippen MR) is 83.5 cm³/mol. The standard InChI is InChI=1S/C18H24O2/c1-15(2)16(3)10-6-5-9-13-20-18(19)14-17-11-7-4-8-12-17/h4-8,11-12H,9-10,13-14H2,1-3H3/b6-5+. The largest absolute Gasteiger partial charge is 0.465 e. The molecule has 2 nitrogen and oxygen atoms in total. The van der Waals surface area contributed by atoms with Gasteiger partial charge in [0.05, 0.1) is 13.0 Å². The summed E-state index contributed by atoms with van der Waals surface area (Å²) in [5.41, 5.74) is 3.75. The van der Waals surface area contributed by atoms with Crippen LogP contribution in [0.25, 0.3) is 0 Å². The van der Waals surface area contributed by atoms with Crippen LogP contribution in [0.3, 0.4) is 0 Å². The van der Waals surface area contributed by atoms with Crippen LogP contribution in [-0.4, -0.2) is 12.6 Å². The summed E-state index contributed by atoms with van der Waals surface area (Å²) in [6.45, 7) is 6.83. The Balaban J connectivity index is 2.17. The van der Waals surface area contributed by atoms with Crippen LogP contribution in [0.5, 0.6) is 0 Å². The maximum absolute atomic E-state index is 11.6. The molecule has 0 fully saturated rings. The van der Waals surface area contributed by atoms with E-state index in [-0.39, 0.29) is 5.97 Å². The molecule has 0 aliphatic heterocycles. The minimum absolute atomic E-state index is 0.162. The van der Waals surface area contributed by atoms with Gasteiger partial charge in [-0.1, -0.05) is 53.6 Å². The Hall–Kier alpha value is -1.83. The number of rotatable bonds is 7. The molecule has 0 atom stereocenters. The third kappa shape index (κ3) is 6.93. The molecule has 1 rings (SSSR count). The second kappa shape index (κ2) is 9.13. The van der Waals surface area contributed by atoms with Crippen LogP contribution in [0.4, 0.5) is 0 Å². The van der Waals surface area contributed by atoms with Crippen LogP contribution in [0.2, 0.25) is 0 Å². The molecule has 0 radical (unpaired) electrons. The maximum Gasteiger partial charge on any atom is 0.310 e. The molecule has 0 amide bonds. The number of carbonyl (C=O) groups is 1. The van der Waals surface area contributed by atoms with Gasteiger partial charge < -0.3 is 4.74 Å². The van der Waals surface area contributed by atoms with Crippen LogP contribution in [0.15, 0.2) is 53.6 Å². The van der Waals surface area contributed by atoms with Crippen molar-refractivity contribution in [1.82, 2.24) is 0 Å². The Kier molecular flexibility index (Phi) is 7.41. The van der Waals surface area contributed by atoms with Crippen LogP contribution in [0.1, 0.15) is 39.2 Å². The number of esters is 1. The number of carbonyl (C=O) groups excluding carboxylic acids is 1. The molecule has 0 aliphatic carbocycles. The van der Waals surface area contributed by atoms with E-state index >= 15 is 0 Å². The smallest absolute Gasteiger partial charge is 0.310 e. The highest BCUT2D eigenvalue weighted by Gasteiger charge is 2.02. The fourth-order valence-electron chi connectivity index (χ4n) is 1.64. The normalized spacial score (nSPS) is 10.6. The summed E-state index contributed by atoms with van der Waals surface area (Å²) < 4.78 is 5.20. The number of allylic oxidation sites excluding steroid dienone is 3. The highest BCUT2D eigenvalue weighted by atomic mass is 16.5. The van der Waals surface area contributed by atoms with Gasteiger partial charge in [0.25, 0.3) is 0 Å². The first kappa shape index (κ1) is 16.2. The number of benzene rings is 1. The second-order valence-corrected chi connectivity index (χ2v) is 5.13. The number of hydrogen-bond acceptors (Lipinski definition) is 2. The minimum atomic E-state index is -0.162. The highest BCUT2D eigenvalue weighted by Crippen LogP contribution is 2.07. The molecule has 1 aromatic rings. The molecule has 0 bridgehead atoms. The Bertz CT molecular complexity index is 465. The van der Waals surface area contributed by atoms with Crippen molar-refractivity contribution in [1.29, 1.82) is 0 Å². The molecule has 108 valence electrons. The molecule has 0 spiro atoms. The SMILES string of the molecule is CC(C)=C(C)C/C=C/CCOC(=O)Cc1ccccc1. The molecule has 0 unspecified atom stereocenters. The lowest BCUT2D eigenvalue weighted by atomic mass is 10.1. The molecule has 0 N–H and O–H groups in total. The van der Waals surface area contributed by atoms with Crippen molar-refractivity contribution in [3.63, 3.8) is 0 Å². The average molecular weight is 272 g/mol. The van der Waals surface area contributed by atoms with E-state index in [1.807, 2.05) is 30.3 Å². The minimum Gasteiger partial charge on any atom is -0.465 e. The molecule has 20 heavy (non-hydrogen) atoms. The van der Waals surface area contributed by atoms with Gasteiger partial charge in [-0.2, -0.15) is 0 Å². The van der Waals surface area contributed by atoms with E-state index in [0.717, 1.165) is 18.4 Å². The van der Waals surface area contributed by atoms with Gasteiger partial charge in [-0.25, -0.2) is 0 Å². The summed E-state index contributed by atoms with van der Waals surface area (Å²) in [5, 5.41) is 0. The summed E-state index contributed by atoms with van der Waals surface area (Å²) in [4.78, 5) is 11.6. The second-order valence-electron chi connectivity index (χ2n) is 5.13. The van der Waals surface area contributed by atoms with Gasteiger partial charge in [0.15, 0.2) is 0 Å². The first-order valence-corrected chi connectivity index (χ1v) is 7.07. The van der Waals surface area contributed by atoms with Crippen LogP contribution in [0, 0.1) is 0 Å². The van der Waals surface area contributed by atoms with Crippen molar-refractivity contribution in [3.05, 3.63) is 59.2 Å². The molecule has 0 aromatic heterocycles. The predicted octanol–water partition coefficient (Wildman–Crippen LogP) is 4.47. The monoisotopic (exact) mass is 272 g/mol. The van der Waals surface area contributed by atoms with E-state index in [2.05, 4.69) is 32.9 Å². The van der Waals surface area contributed by atoms with Crippen molar-refractivity contribution in [2.24, 2.45) is 0 Å². The maximum atomic E-state index is 11.6. The molecule has 0 aliphatic rings. The quantitative estimate of drug-likeness (QED) is 0.416. The van der Waals surface area contributed by atoms with Crippen LogP contribution < -0.4 is 0 Å². The third-order valence-corrected chi connectivity index (χ3v) is 3.18. The van der Waals surface area contributed by atoms with Gasteiger partial charge in [-0.05, 0) is 39.2 Å². The topological polar surface area (TPSA) is 26.3 Å². The molecule has 1 aromatic carbocycles. The van der Waals surface area contributed by atoms with Crippen LogP contribution in [-0.2, 0) is 16.0 Å². The zero-order valence-electron chi connectivity index (χ0n) is 12.7. The van der Waals surface area contributed by atoms with E-state index in [0.29, 0.717) is 13.0 Å². The molecule has 0 saturated heterocycles. The van der Waals surface area contributed by atoms with E-state index in [1.165, 1.54) is 11.1 Å². The van der Waals surface area contributed by atoms with E-state index in [1.54, 1.807) is 0 Å². The fraction of sp³-hybridized carbons (Fsp3) is 0.389. The summed E-state index contributed by atoms with van der Waals surface area (Å²) in [6.07, 6.45) is 6.30. The van der Waals surface area contributed by atoms with Crippen molar-refractivity contribution in [3.8, 4) is 0 Å². The lowest BCUT2D eigenvalue weighted by Crippen LogP contribution is -2.08. The van der Waals surface area contributed by atoms with E-state index in [9.17, 15) is 4.79 Å². The lowest BCUT2D eigenvalue weighted by Gasteiger charge is -2.03. The van der Waals surface area contributed by atoms with Crippen LogP contribution >= 0.6 is 0 Å². The van der Waals surface area contributed by atoms with E-state index < -0.39 is 0 Å². The van der Waals surface area contributed by atoms with Crippen molar-refractivity contribution in [2.45, 2.75) is 40.0 Å². The van der Waals surface area contributed by atoms with Crippen molar-refractivity contribution >= 4 is 5.97 Å². The molecule has 2 heteroatoms. The first-order valence-electron chi connectivity index (χ1n) is 7.07. The van der Waals surface area contributed by atoms with Gasteiger partial charge in [0.2, 0.25) is 0 Å². The summed E-state index contributed by atoms with van der Waals surface area (Å²) in [7, 11) is 0. The van der Waals surface area contributed by atoms with Gasteiger partial charge in [0, 0.05) is 0 Å². The van der Waals surface area contributed by atoms with Gasteiger partial charge in [0.1, 0.15) is 0 Å². The highest BCUT2D eigenvalue weighted by molar-refractivity contribution is 5.72. The first-order chi connectivity index (χ1) is 9.59. The number of hydrogen-bond donors (Lipinski definition) is 0. The van der Waals surface area contributed by atoms with Crippen molar-refractivity contribution < 1.29 is 9.53 Å². The number of ether oxygens (including phenoxy) is 1. The molecule has 0 saturated carbocycles. The Morgan fingerprint density at radius 3 is 2.45 bits per heavy atom. The summed E-state index contributed by atoms with van der Waals surface area (Å²) in [5.74, 6) is -0.162. The van der Waals surface area contributed by atoms with E-state index in [4.69, 9.17) is 4.74 Å². The Morgan fingerprint density at radius 2 is 1.80 bits per heavy atom. The average Bonchev–Trinajstić information content (AvgIpc) is 2.43. The lowest BCUT2D eigenvalue weighted by molar-refractivity contribution is -0.142. The zero-order chi connectivity index (χ0) is 14.8. The van der Waals surface area contributed by atoms with Crippen molar-refractivity contribution in [2.75, 3.05) is 6.61 Å². The molecular weight excluding hydrogens is 248 g/mol. The van der Waals surface area contributed by atoms with Gasteiger partial charge >= 0.3 is 5.97 Å². The fourth-order valence-corrected chi connectivity index (χ4v) is 1.64. The Labute approximate surface area is 122 Å². The molecule has 0 heterocycles. The summed E-state index contributed by atoms with van der Waals surface area (Å²) in [6, 6.07) is 9.66. The van der Waals surface area contributed by atoms with Gasteiger partial charge in [-0.15, -0.1) is 0 Å². The zero-order valence-corrected chi connectivity index (χ0v) is 12.7.